The third-order valence-corrected chi connectivity index (χ3v) is 6.96. The van der Waals surface area contributed by atoms with Crippen molar-refractivity contribution in [3.63, 3.8) is 0 Å². The van der Waals surface area contributed by atoms with E-state index in [1.165, 1.54) is 24.8 Å². The molecule has 2 aliphatic rings. The SMILES string of the molecule is CC(=O)N=C1SC2CS(=O)(=O)CC2N1c1ccc(C)c(F)c1. The van der Waals surface area contributed by atoms with E-state index in [2.05, 4.69) is 4.99 Å². The maximum absolute atomic E-state index is 13.9. The normalized spacial score (nSPS) is 28.1. The van der Waals surface area contributed by atoms with Crippen molar-refractivity contribution in [3.05, 3.63) is 29.6 Å². The predicted octanol–water partition coefficient (Wildman–Crippen LogP) is 1.76. The maximum atomic E-state index is 13.9. The van der Waals surface area contributed by atoms with E-state index < -0.39 is 9.84 Å². The molecule has 0 spiro atoms. The number of hydrogen-bond acceptors (Lipinski definition) is 4. The van der Waals surface area contributed by atoms with Crippen LogP contribution in [0.2, 0.25) is 0 Å². The summed E-state index contributed by atoms with van der Waals surface area (Å²) in [4.78, 5) is 17.0. The first-order chi connectivity index (χ1) is 10.3. The molecule has 1 aromatic carbocycles. The van der Waals surface area contributed by atoms with E-state index in [-0.39, 0.29) is 34.5 Å². The van der Waals surface area contributed by atoms with Crippen LogP contribution in [0.3, 0.4) is 0 Å². The fourth-order valence-corrected chi connectivity index (χ4v) is 6.69. The van der Waals surface area contributed by atoms with Gasteiger partial charge in [0.15, 0.2) is 15.0 Å². The number of amides is 1. The van der Waals surface area contributed by atoms with Crippen molar-refractivity contribution in [1.29, 1.82) is 0 Å². The lowest BCUT2D eigenvalue weighted by molar-refractivity contribution is -0.115. The quantitative estimate of drug-likeness (QED) is 0.778. The number of nitrogens with zero attached hydrogens (tertiary/aromatic N) is 2. The number of rotatable bonds is 1. The van der Waals surface area contributed by atoms with Gasteiger partial charge in [-0.1, -0.05) is 17.8 Å². The van der Waals surface area contributed by atoms with Crippen LogP contribution in [-0.2, 0) is 14.6 Å². The number of hydrogen-bond donors (Lipinski definition) is 0. The Balaban J connectivity index is 2.06. The number of aliphatic imine (C=N–C) groups is 1. The third-order valence-electron chi connectivity index (χ3n) is 3.75. The molecule has 1 aromatic rings. The summed E-state index contributed by atoms with van der Waals surface area (Å²) in [5.74, 6) is -0.668. The molecular formula is C14H15FN2O3S2. The summed E-state index contributed by atoms with van der Waals surface area (Å²) in [5.41, 5.74) is 1.04. The highest BCUT2D eigenvalue weighted by Gasteiger charge is 2.49. The molecule has 2 saturated heterocycles. The molecule has 118 valence electrons. The second kappa shape index (κ2) is 5.34. The maximum Gasteiger partial charge on any atom is 0.244 e. The Bertz CT molecular complexity index is 776. The van der Waals surface area contributed by atoms with Gasteiger partial charge in [-0.3, -0.25) is 4.79 Å². The molecule has 1 amide bonds. The highest BCUT2D eigenvalue weighted by atomic mass is 32.2. The van der Waals surface area contributed by atoms with E-state index in [4.69, 9.17) is 0 Å². The lowest BCUT2D eigenvalue weighted by Gasteiger charge is -2.24. The third kappa shape index (κ3) is 2.77. The molecular weight excluding hydrogens is 327 g/mol. The molecule has 2 heterocycles. The molecule has 22 heavy (non-hydrogen) atoms. The van der Waals surface area contributed by atoms with Crippen LogP contribution in [0.1, 0.15) is 12.5 Å². The summed E-state index contributed by atoms with van der Waals surface area (Å²) >= 11 is 1.28. The van der Waals surface area contributed by atoms with Gasteiger partial charge in [-0.05, 0) is 24.6 Å². The molecule has 5 nitrogen and oxygen atoms in total. The van der Waals surface area contributed by atoms with Gasteiger partial charge < -0.3 is 4.90 Å². The van der Waals surface area contributed by atoms with Crippen molar-refractivity contribution in [2.75, 3.05) is 16.4 Å². The second-order valence-electron chi connectivity index (χ2n) is 5.52. The van der Waals surface area contributed by atoms with Crippen molar-refractivity contribution in [2.24, 2.45) is 4.99 Å². The molecule has 0 radical (unpaired) electrons. The first-order valence-electron chi connectivity index (χ1n) is 6.78. The van der Waals surface area contributed by atoms with Crippen molar-refractivity contribution < 1.29 is 17.6 Å². The van der Waals surface area contributed by atoms with Crippen molar-refractivity contribution in [3.8, 4) is 0 Å². The number of carbonyl (C=O) groups excluding carboxylic acids is 1. The van der Waals surface area contributed by atoms with Crippen molar-refractivity contribution in [2.45, 2.75) is 25.1 Å². The van der Waals surface area contributed by atoms with E-state index in [1.807, 2.05) is 0 Å². The Morgan fingerprint density at radius 3 is 2.77 bits per heavy atom. The van der Waals surface area contributed by atoms with Gasteiger partial charge in [-0.25, -0.2) is 12.8 Å². The Morgan fingerprint density at radius 1 is 1.41 bits per heavy atom. The molecule has 2 fully saturated rings. The highest BCUT2D eigenvalue weighted by molar-refractivity contribution is 8.16. The van der Waals surface area contributed by atoms with Crippen LogP contribution in [0.4, 0.5) is 10.1 Å². The fourth-order valence-electron chi connectivity index (χ4n) is 2.73. The number of fused-ring (bicyclic) bond motifs is 1. The van der Waals surface area contributed by atoms with Crippen LogP contribution >= 0.6 is 11.8 Å². The molecule has 3 rings (SSSR count). The molecule has 2 unspecified atom stereocenters. The van der Waals surface area contributed by atoms with Crippen LogP contribution in [0.5, 0.6) is 0 Å². The Hall–Kier alpha value is -1.41. The smallest absolute Gasteiger partial charge is 0.244 e. The van der Waals surface area contributed by atoms with Gasteiger partial charge in [0.25, 0.3) is 0 Å². The number of halogens is 1. The van der Waals surface area contributed by atoms with E-state index >= 15 is 0 Å². The average Bonchev–Trinajstić information content (AvgIpc) is 2.83. The second-order valence-corrected chi connectivity index (χ2v) is 8.88. The Morgan fingerprint density at radius 2 is 2.14 bits per heavy atom. The summed E-state index contributed by atoms with van der Waals surface area (Å²) < 4.78 is 37.6. The van der Waals surface area contributed by atoms with Crippen molar-refractivity contribution in [1.82, 2.24) is 0 Å². The molecule has 0 aliphatic carbocycles. The van der Waals surface area contributed by atoms with Crippen LogP contribution in [0, 0.1) is 12.7 Å². The first kappa shape index (κ1) is 15.5. The fraction of sp³-hybridized carbons (Fsp3) is 0.429. The minimum Gasteiger partial charge on any atom is -0.315 e. The zero-order valence-electron chi connectivity index (χ0n) is 12.1. The molecule has 0 saturated carbocycles. The minimum absolute atomic E-state index is 0.00289. The molecule has 2 atom stereocenters. The number of carbonyl (C=O) groups is 1. The molecule has 2 aliphatic heterocycles. The molecule has 0 N–H and O–H groups in total. The molecule has 0 bridgehead atoms. The van der Waals surface area contributed by atoms with Crippen LogP contribution < -0.4 is 4.90 Å². The number of amidine groups is 1. The summed E-state index contributed by atoms with van der Waals surface area (Å²) in [6.07, 6.45) is 0. The monoisotopic (exact) mass is 342 g/mol. The molecule has 0 aromatic heterocycles. The number of thioether (sulfide) groups is 1. The van der Waals surface area contributed by atoms with Gasteiger partial charge in [-0.15, -0.1) is 0 Å². The van der Waals surface area contributed by atoms with E-state index in [1.54, 1.807) is 24.0 Å². The van der Waals surface area contributed by atoms with Gasteiger partial charge in [0.05, 0.1) is 17.5 Å². The topological polar surface area (TPSA) is 66.8 Å². The van der Waals surface area contributed by atoms with Crippen LogP contribution in [0.15, 0.2) is 23.2 Å². The number of anilines is 1. The molecule has 8 heteroatoms. The summed E-state index contributed by atoms with van der Waals surface area (Å²) in [6, 6.07) is 4.41. The van der Waals surface area contributed by atoms with Crippen molar-refractivity contribution >= 4 is 38.4 Å². The largest absolute Gasteiger partial charge is 0.315 e. The van der Waals surface area contributed by atoms with Crippen LogP contribution in [-0.4, -0.2) is 42.3 Å². The van der Waals surface area contributed by atoms with Gasteiger partial charge in [0.2, 0.25) is 5.91 Å². The first-order valence-corrected chi connectivity index (χ1v) is 9.49. The minimum atomic E-state index is -3.11. The van der Waals surface area contributed by atoms with E-state index in [0.29, 0.717) is 16.4 Å². The highest BCUT2D eigenvalue weighted by Crippen LogP contribution is 2.41. The number of aryl methyl sites for hydroxylation is 1. The summed E-state index contributed by atoms with van der Waals surface area (Å²) in [5, 5.41) is 0.271. The Kier molecular flexibility index (Phi) is 3.76. The predicted molar refractivity (Wildman–Crippen MR) is 85.6 cm³/mol. The van der Waals surface area contributed by atoms with E-state index in [0.717, 1.165) is 0 Å². The summed E-state index contributed by atoms with van der Waals surface area (Å²) in [6.45, 7) is 3.00. The van der Waals surface area contributed by atoms with Gasteiger partial charge in [0, 0.05) is 17.9 Å². The van der Waals surface area contributed by atoms with Gasteiger partial charge in [-0.2, -0.15) is 4.99 Å². The Labute approximate surface area is 132 Å². The standard InChI is InChI=1S/C14H15FN2O3S2/c1-8-3-4-10(5-11(8)15)17-12-6-22(19,20)7-13(12)21-14(17)16-9(2)18/h3-5,12-13H,6-7H2,1-2H3. The number of benzene rings is 1. The lowest BCUT2D eigenvalue weighted by atomic mass is 10.1. The van der Waals surface area contributed by atoms with Crippen LogP contribution in [0.25, 0.3) is 0 Å². The number of sulfone groups is 1. The lowest BCUT2D eigenvalue weighted by Crippen LogP contribution is -2.37. The summed E-state index contributed by atoms with van der Waals surface area (Å²) in [7, 11) is -3.11. The average molecular weight is 342 g/mol. The zero-order valence-corrected chi connectivity index (χ0v) is 13.7. The van der Waals surface area contributed by atoms with Gasteiger partial charge >= 0.3 is 0 Å². The zero-order chi connectivity index (χ0) is 16.1. The van der Waals surface area contributed by atoms with Gasteiger partial charge in [0.1, 0.15) is 5.82 Å². The van der Waals surface area contributed by atoms with E-state index in [9.17, 15) is 17.6 Å².